The Morgan fingerprint density at radius 1 is 1.07 bits per heavy atom. The Balaban J connectivity index is 1.68. The molecule has 0 bridgehead atoms. The second-order valence-corrected chi connectivity index (χ2v) is 6.93. The summed E-state index contributed by atoms with van der Waals surface area (Å²) >= 11 is 0. The number of rotatable bonds is 7. The van der Waals surface area contributed by atoms with Crippen LogP contribution in [0.1, 0.15) is 36.8 Å². The summed E-state index contributed by atoms with van der Waals surface area (Å²) in [5.41, 5.74) is 5.40. The maximum atomic E-state index is 12.2. The van der Waals surface area contributed by atoms with E-state index in [2.05, 4.69) is 36.2 Å². The van der Waals surface area contributed by atoms with Crippen molar-refractivity contribution in [3.63, 3.8) is 0 Å². The zero-order chi connectivity index (χ0) is 19.4. The molecule has 1 aliphatic carbocycles. The van der Waals surface area contributed by atoms with Crippen LogP contribution < -0.4 is 5.32 Å². The molecule has 2 N–H and O–H groups in total. The van der Waals surface area contributed by atoms with E-state index in [9.17, 15) is 9.59 Å². The van der Waals surface area contributed by atoms with Gasteiger partial charge in [0.25, 0.3) is 0 Å². The van der Waals surface area contributed by atoms with Gasteiger partial charge in [0.05, 0.1) is 6.42 Å². The first-order chi connectivity index (χ1) is 13.0. The number of fused-ring (bicyclic) bond motifs is 3. The summed E-state index contributed by atoms with van der Waals surface area (Å²) in [5, 5.41) is 11.7. The Morgan fingerprint density at radius 3 is 2.15 bits per heavy atom. The number of benzene rings is 2. The lowest BCUT2D eigenvalue weighted by molar-refractivity contribution is -0.137. The summed E-state index contributed by atoms with van der Waals surface area (Å²) in [7, 11) is 0. The first-order valence-electron chi connectivity index (χ1n) is 8.93. The molecule has 5 heteroatoms. The van der Waals surface area contributed by atoms with Gasteiger partial charge in [0.15, 0.2) is 0 Å². The van der Waals surface area contributed by atoms with Crippen LogP contribution >= 0.6 is 0 Å². The summed E-state index contributed by atoms with van der Waals surface area (Å²) in [4.78, 5) is 23.2. The number of carbonyl (C=O) groups excluding carboxylic acids is 1. The molecule has 1 amide bonds. The van der Waals surface area contributed by atoms with Gasteiger partial charge in [-0.25, -0.2) is 4.79 Å². The minimum Gasteiger partial charge on any atom is -0.481 e. The van der Waals surface area contributed by atoms with E-state index >= 15 is 0 Å². The average molecular weight is 365 g/mol. The predicted octanol–water partition coefficient (Wildman–Crippen LogP) is 4.33. The van der Waals surface area contributed by atoms with Crippen LogP contribution in [0.3, 0.4) is 0 Å². The fourth-order valence-corrected chi connectivity index (χ4v) is 3.61. The fourth-order valence-electron chi connectivity index (χ4n) is 3.61. The number of carboxylic acids is 1. The van der Waals surface area contributed by atoms with Crippen molar-refractivity contribution in [2.24, 2.45) is 0 Å². The largest absolute Gasteiger partial charge is 0.481 e. The molecule has 0 radical (unpaired) electrons. The molecule has 0 fully saturated rings. The summed E-state index contributed by atoms with van der Waals surface area (Å²) in [5.74, 6) is -0.998. The molecule has 2 aromatic rings. The van der Waals surface area contributed by atoms with Crippen molar-refractivity contribution >= 4 is 12.1 Å². The number of carbonyl (C=O) groups is 2. The van der Waals surface area contributed by atoms with Crippen molar-refractivity contribution < 1.29 is 19.4 Å². The number of nitrogens with one attached hydrogen (secondary N) is 1. The van der Waals surface area contributed by atoms with Gasteiger partial charge in [0.1, 0.15) is 6.61 Å². The highest BCUT2D eigenvalue weighted by Crippen LogP contribution is 2.44. The second kappa shape index (κ2) is 8.08. The van der Waals surface area contributed by atoms with E-state index in [0.29, 0.717) is 6.42 Å². The van der Waals surface area contributed by atoms with Gasteiger partial charge >= 0.3 is 12.1 Å². The molecule has 0 aliphatic heterocycles. The minimum atomic E-state index is -0.972. The highest BCUT2D eigenvalue weighted by molar-refractivity contribution is 5.79. The SMILES string of the molecule is C=C(C)CC(CC(=O)O)NC(=O)OCC1c2ccccc2-c2ccccc21. The van der Waals surface area contributed by atoms with E-state index in [1.807, 2.05) is 24.3 Å². The van der Waals surface area contributed by atoms with Crippen LogP contribution in [0, 0.1) is 0 Å². The third-order valence-corrected chi connectivity index (χ3v) is 4.68. The van der Waals surface area contributed by atoms with Gasteiger partial charge in [0.2, 0.25) is 0 Å². The molecule has 0 saturated heterocycles. The summed E-state index contributed by atoms with van der Waals surface area (Å²) in [6.07, 6.45) is -0.377. The van der Waals surface area contributed by atoms with Crippen molar-refractivity contribution in [1.82, 2.24) is 5.32 Å². The highest BCUT2D eigenvalue weighted by Gasteiger charge is 2.29. The molecule has 0 heterocycles. The average Bonchev–Trinajstić information content (AvgIpc) is 2.93. The van der Waals surface area contributed by atoms with Gasteiger partial charge in [-0.15, -0.1) is 6.58 Å². The Morgan fingerprint density at radius 2 is 1.63 bits per heavy atom. The molecule has 1 aliphatic rings. The molecule has 0 spiro atoms. The monoisotopic (exact) mass is 365 g/mol. The molecule has 140 valence electrons. The molecule has 1 atom stereocenters. The Labute approximate surface area is 158 Å². The number of aliphatic carboxylic acids is 1. The molecule has 3 rings (SSSR count). The number of hydrogen-bond donors (Lipinski definition) is 2. The van der Waals surface area contributed by atoms with Gasteiger partial charge in [-0.3, -0.25) is 4.79 Å². The Kier molecular flexibility index (Phi) is 5.60. The lowest BCUT2D eigenvalue weighted by Gasteiger charge is -2.19. The van der Waals surface area contributed by atoms with E-state index in [1.165, 1.54) is 0 Å². The topological polar surface area (TPSA) is 75.6 Å². The summed E-state index contributed by atoms with van der Waals surface area (Å²) < 4.78 is 5.46. The first kappa shape index (κ1) is 18.7. The quantitative estimate of drug-likeness (QED) is 0.716. The Hall–Kier alpha value is -3.08. The smallest absolute Gasteiger partial charge is 0.407 e. The fraction of sp³-hybridized carbons (Fsp3) is 0.273. The molecular formula is C22H23NO4. The molecule has 5 nitrogen and oxygen atoms in total. The maximum absolute atomic E-state index is 12.2. The second-order valence-electron chi connectivity index (χ2n) is 6.93. The van der Waals surface area contributed by atoms with Crippen molar-refractivity contribution in [3.8, 4) is 11.1 Å². The number of amides is 1. The van der Waals surface area contributed by atoms with Crippen LogP contribution in [-0.2, 0) is 9.53 Å². The van der Waals surface area contributed by atoms with Gasteiger partial charge in [-0.1, -0.05) is 54.1 Å². The number of ether oxygens (including phenoxy) is 1. The molecule has 0 aromatic heterocycles. The van der Waals surface area contributed by atoms with Crippen LogP contribution in [-0.4, -0.2) is 29.8 Å². The zero-order valence-corrected chi connectivity index (χ0v) is 15.3. The lowest BCUT2D eigenvalue weighted by Crippen LogP contribution is -2.37. The van der Waals surface area contributed by atoms with Crippen LogP contribution in [0.4, 0.5) is 4.79 Å². The minimum absolute atomic E-state index is 0.0257. The molecule has 1 unspecified atom stereocenters. The molecule has 0 saturated carbocycles. The number of carboxylic acid groups (broad SMARTS) is 1. The third kappa shape index (κ3) is 4.37. The van der Waals surface area contributed by atoms with Crippen molar-refractivity contribution in [3.05, 3.63) is 71.8 Å². The van der Waals surface area contributed by atoms with Gasteiger partial charge in [-0.05, 0) is 35.6 Å². The molecule has 27 heavy (non-hydrogen) atoms. The van der Waals surface area contributed by atoms with Crippen molar-refractivity contribution in [2.75, 3.05) is 6.61 Å². The van der Waals surface area contributed by atoms with Crippen LogP contribution in [0.25, 0.3) is 11.1 Å². The zero-order valence-electron chi connectivity index (χ0n) is 15.3. The van der Waals surface area contributed by atoms with Crippen LogP contribution in [0.15, 0.2) is 60.7 Å². The number of hydrogen-bond acceptors (Lipinski definition) is 3. The number of alkyl carbamates (subject to hydrolysis) is 1. The van der Waals surface area contributed by atoms with Crippen molar-refractivity contribution in [1.29, 1.82) is 0 Å². The van der Waals surface area contributed by atoms with E-state index in [4.69, 9.17) is 9.84 Å². The van der Waals surface area contributed by atoms with Gasteiger partial charge in [0, 0.05) is 12.0 Å². The van der Waals surface area contributed by atoms with E-state index in [-0.39, 0.29) is 18.9 Å². The van der Waals surface area contributed by atoms with E-state index in [0.717, 1.165) is 27.8 Å². The van der Waals surface area contributed by atoms with Crippen LogP contribution in [0.2, 0.25) is 0 Å². The predicted molar refractivity (Wildman–Crippen MR) is 104 cm³/mol. The van der Waals surface area contributed by atoms with Crippen molar-refractivity contribution in [2.45, 2.75) is 31.7 Å². The summed E-state index contributed by atoms with van der Waals surface area (Å²) in [6.45, 7) is 5.78. The third-order valence-electron chi connectivity index (χ3n) is 4.68. The van der Waals surface area contributed by atoms with Gasteiger partial charge < -0.3 is 15.2 Å². The molecular weight excluding hydrogens is 342 g/mol. The van der Waals surface area contributed by atoms with Gasteiger partial charge in [-0.2, -0.15) is 0 Å². The van der Waals surface area contributed by atoms with Crippen LogP contribution in [0.5, 0.6) is 0 Å². The maximum Gasteiger partial charge on any atom is 0.407 e. The summed E-state index contributed by atoms with van der Waals surface area (Å²) in [6, 6.07) is 15.7. The first-order valence-corrected chi connectivity index (χ1v) is 8.93. The molecule has 2 aromatic carbocycles. The highest BCUT2D eigenvalue weighted by atomic mass is 16.5. The standard InChI is InChI=1S/C22H23NO4/c1-14(2)11-15(12-21(24)25)23-22(26)27-13-20-18-9-5-3-7-16(18)17-8-4-6-10-19(17)20/h3-10,15,20H,1,11-13H2,2H3,(H,23,26)(H,24,25). The van der Waals surface area contributed by atoms with E-state index < -0.39 is 18.1 Å². The Bertz CT molecular complexity index is 813. The van der Waals surface area contributed by atoms with E-state index in [1.54, 1.807) is 6.92 Å². The normalized spacial score (nSPS) is 13.4. The lowest BCUT2D eigenvalue weighted by atomic mass is 9.98.